The first-order valence-corrected chi connectivity index (χ1v) is 5.15. The van der Waals surface area contributed by atoms with Crippen molar-refractivity contribution in [1.82, 2.24) is 15.1 Å². The minimum absolute atomic E-state index is 0.0202. The first-order valence-electron chi connectivity index (χ1n) is 5.15. The lowest BCUT2D eigenvalue weighted by molar-refractivity contribution is -0.122. The zero-order valence-electron chi connectivity index (χ0n) is 9.69. The van der Waals surface area contributed by atoms with Crippen LogP contribution in [0, 0.1) is 6.92 Å². The van der Waals surface area contributed by atoms with Gasteiger partial charge in [0, 0.05) is 31.9 Å². The molecule has 0 aliphatic heterocycles. The van der Waals surface area contributed by atoms with Gasteiger partial charge in [-0.3, -0.25) is 9.48 Å². The quantitative estimate of drug-likeness (QED) is 0.603. The summed E-state index contributed by atoms with van der Waals surface area (Å²) in [5, 5.41) is 7.43. The first kappa shape index (κ1) is 12.7. The molecule has 0 aliphatic carbocycles. The Morgan fingerprint density at radius 3 is 3.00 bits per heavy atom. The predicted molar refractivity (Wildman–Crippen MR) is 59.7 cm³/mol. The number of ether oxygens (including phenoxy) is 1. The summed E-state index contributed by atoms with van der Waals surface area (Å²) < 4.78 is 6.80. The molecule has 1 aromatic heterocycles. The molecule has 0 spiro atoms. The Morgan fingerprint density at radius 1 is 1.69 bits per heavy atom. The van der Waals surface area contributed by atoms with Gasteiger partial charge in [0.2, 0.25) is 5.91 Å². The largest absolute Gasteiger partial charge is 0.370 e. The van der Waals surface area contributed by atoms with Crippen molar-refractivity contribution >= 4 is 5.91 Å². The van der Waals surface area contributed by atoms with Crippen LogP contribution in [0.2, 0.25) is 0 Å². The van der Waals surface area contributed by atoms with E-state index in [-0.39, 0.29) is 6.61 Å². The summed E-state index contributed by atoms with van der Waals surface area (Å²) in [7, 11) is 1.90. The molecule has 0 aromatic carbocycles. The van der Waals surface area contributed by atoms with Gasteiger partial charge < -0.3 is 15.8 Å². The van der Waals surface area contributed by atoms with Crippen LogP contribution >= 0.6 is 0 Å². The topological polar surface area (TPSA) is 82.2 Å². The van der Waals surface area contributed by atoms with Crippen LogP contribution in [0.1, 0.15) is 11.3 Å². The number of amides is 1. The number of nitrogens with two attached hydrogens (primary N) is 1. The van der Waals surface area contributed by atoms with Gasteiger partial charge in [0.1, 0.15) is 6.61 Å². The average molecular weight is 226 g/mol. The molecule has 0 aliphatic rings. The number of aryl methyl sites for hydroxylation is 2. The maximum atomic E-state index is 10.4. The lowest BCUT2D eigenvalue weighted by atomic mass is 10.2. The normalized spacial score (nSPS) is 10.6. The van der Waals surface area contributed by atoms with Crippen molar-refractivity contribution in [2.24, 2.45) is 12.8 Å². The van der Waals surface area contributed by atoms with Crippen molar-refractivity contribution in [2.45, 2.75) is 13.5 Å². The van der Waals surface area contributed by atoms with Crippen LogP contribution in [0.25, 0.3) is 0 Å². The zero-order valence-corrected chi connectivity index (χ0v) is 9.69. The highest BCUT2D eigenvalue weighted by molar-refractivity contribution is 5.74. The van der Waals surface area contributed by atoms with Gasteiger partial charge in [-0.1, -0.05) is 0 Å². The van der Waals surface area contributed by atoms with Crippen LogP contribution in [-0.4, -0.2) is 35.4 Å². The third-order valence-electron chi connectivity index (χ3n) is 2.10. The van der Waals surface area contributed by atoms with E-state index < -0.39 is 5.91 Å². The van der Waals surface area contributed by atoms with Gasteiger partial charge in [-0.25, -0.2) is 0 Å². The summed E-state index contributed by atoms with van der Waals surface area (Å²) in [6.45, 7) is 3.86. The van der Waals surface area contributed by atoms with Gasteiger partial charge in [0.25, 0.3) is 0 Å². The van der Waals surface area contributed by atoms with Crippen LogP contribution in [0.4, 0.5) is 0 Å². The Hall–Kier alpha value is -1.40. The number of hydrogen-bond acceptors (Lipinski definition) is 4. The molecular weight excluding hydrogens is 208 g/mol. The molecular formula is C10H18N4O2. The Balaban J connectivity index is 2.11. The van der Waals surface area contributed by atoms with Crippen molar-refractivity contribution < 1.29 is 9.53 Å². The first-order chi connectivity index (χ1) is 7.59. The van der Waals surface area contributed by atoms with Crippen LogP contribution < -0.4 is 11.1 Å². The van der Waals surface area contributed by atoms with Crippen LogP contribution in [0.15, 0.2) is 6.20 Å². The predicted octanol–water partition coefficient (Wildman–Crippen LogP) is -0.680. The van der Waals surface area contributed by atoms with Crippen LogP contribution in [0.5, 0.6) is 0 Å². The molecule has 1 amide bonds. The highest BCUT2D eigenvalue weighted by atomic mass is 16.5. The Bertz CT molecular complexity index is 349. The fourth-order valence-electron chi connectivity index (χ4n) is 1.36. The smallest absolute Gasteiger partial charge is 0.243 e. The van der Waals surface area contributed by atoms with Crippen LogP contribution in [-0.2, 0) is 23.1 Å². The molecule has 6 nitrogen and oxygen atoms in total. The van der Waals surface area contributed by atoms with E-state index in [0.717, 1.165) is 17.8 Å². The van der Waals surface area contributed by atoms with Gasteiger partial charge in [-0.2, -0.15) is 5.10 Å². The van der Waals surface area contributed by atoms with Crippen molar-refractivity contribution in [3.05, 3.63) is 17.5 Å². The molecule has 0 saturated carbocycles. The summed E-state index contributed by atoms with van der Waals surface area (Å²) in [4.78, 5) is 10.4. The minimum atomic E-state index is -0.442. The van der Waals surface area contributed by atoms with E-state index in [1.807, 2.05) is 20.2 Å². The number of hydrogen-bond donors (Lipinski definition) is 2. The Labute approximate surface area is 94.8 Å². The van der Waals surface area contributed by atoms with E-state index in [4.69, 9.17) is 10.5 Å². The van der Waals surface area contributed by atoms with Crippen molar-refractivity contribution in [3.63, 3.8) is 0 Å². The third-order valence-corrected chi connectivity index (χ3v) is 2.10. The van der Waals surface area contributed by atoms with Gasteiger partial charge >= 0.3 is 0 Å². The SMILES string of the molecule is Cc1nn(C)cc1CNCCOCC(N)=O. The number of nitrogens with one attached hydrogen (secondary N) is 1. The monoisotopic (exact) mass is 226 g/mol. The summed E-state index contributed by atoms with van der Waals surface area (Å²) in [6, 6.07) is 0. The molecule has 16 heavy (non-hydrogen) atoms. The summed E-state index contributed by atoms with van der Waals surface area (Å²) >= 11 is 0. The van der Waals surface area contributed by atoms with E-state index in [0.29, 0.717) is 13.2 Å². The van der Waals surface area contributed by atoms with Crippen molar-refractivity contribution in [3.8, 4) is 0 Å². The number of carbonyl (C=O) groups excluding carboxylic acids is 1. The number of carbonyl (C=O) groups is 1. The molecule has 1 aromatic rings. The molecule has 1 rings (SSSR count). The molecule has 0 fully saturated rings. The van der Waals surface area contributed by atoms with Gasteiger partial charge in [0.05, 0.1) is 12.3 Å². The average Bonchev–Trinajstić information content (AvgIpc) is 2.50. The molecule has 90 valence electrons. The number of nitrogens with zero attached hydrogens (tertiary/aromatic N) is 2. The summed E-state index contributed by atoms with van der Waals surface area (Å²) in [5.41, 5.74) is 7.11. The van der Waals surface area contributed by atoms with Gasteiger partial charge in [-0.15, -0.1) is 0 Å². The molecule has 0 saturated heterocycles. The van der Waals surface area contributed by atoms with E-state index in [1.165, 1.54) is 0 Å². The standard InChI is InChI=1S/C10H18N4O2/c1-8-9(6-14(2)13-8)5-12-3-4-16-7-10(11)15/h6,12H,3-5,7H2,1-2H3,(H2,11,15). The van der Waals surface area contributed by atoms with Gasteiger partial charge in [-0.05, 0) is 6.92 Å². The fourth-order valence-corrected chi connectivity index (χ4v) is 1.36. The highest BCUT2D eigenvalue weighted by Gasteiger charge is 2.01. The molecule has 6 heteroatoms. The number of rotatable bonds is 7. The number of primary amides is 1. The number of aromatic nitrogens is 2. The molecule has 3 N–H and O–H groups in total. The molecule has 0 bridgehead atoms. The Morgan fingerprint density at radius 2 is 2.44 bits per heavy atom. The second kappa shape index (κ2) is 6.24. The van der Waals surface area contributed by atoms with Crippen molar-refractivity contribution in [2.75, 3.05) is 19.8 Å². The minimum Gasteiger partial charge on any atom is -0.370 e. The molecule has 0 radical (unpaired) electrons. The zero-order chi connectivity index (χ0) is 12.0. The maximum Gasteiger partial charge on any atom is 0.243 e. The van der Waals surface area contributed by atoms with E-state index in [2.05, 4.69) is 10.4 Å². The second-order valence-corrected chi connectivity index (χ2v) is 3.61. The highest BCUT2D eigenvalue weighted by Crippen LogP contribution is 2.03. The van der Waals surface area contributed by atoms with Crippen molar-refractivity contribution in [1.29, 1.82) is 0 Å². The second-order valence-electron chi connectivity index (χ2n) is 3.61. The molecule has 0 unspecified atom stereocenters. The maximum absolute atomic E-state index is 10.4. The van der Waals surface area contributed by atoms with E-state index >= 15 is 0 Å². The molecule has 0 atom stereocenters. The van der Waals surface area contributed by atoms with Gasteiger partial charge in [0.15, 0.2) is 0 Å². The fraction of sp³-hybridized carbons (Fsp3) is 0.600. The Kier molecular flexibility index (Phi) is 4.94. The summed E-state index contributed by atoms with van der Waals surface area (Å²) in [5.74, 6) is -0.442. The lowest BCUT2D eigenvalue weighted by Gasteiger charge is -2.03. The molecule has 1 heterocycles. The van der Waals surface area contributed by atoms with E-state index in [9.17, 15) is 4.79 Å². The lowest BCUT2D eigenvalue weighted by Crippen LogP contribution is -2.23. The summed E-state index contributed by atoms with van der Waals surface area (Å²) in [6.07, 6.45) is 1.98. The third kappa shape index (κ3) is 4.41. The van der Waals surface area contributed by atoms with E-state index in [1.54, 1.807) is 4.68 Å². The van der Waals surface area contributed by atoms with Crippen LogP contribution in [0.3, 0.4) is 0 Å².